The van der Waals surface area contributed by atoms with Crippen LogP contribution in [0, 0.1) is 11.1 Å². The van der Waals surface area contributed by atoms with Gasteiger partial charge in [-0.3, -0.25) is 10.1 Å². The van der Waals surface area contributed by atoms with Gasteiger partial charge in [0.05, 0.1) is 0 Å². The molecule has 3 aromatic rings. The van der Waals surface area contributed by atoms with Crippen molar-refractivity contribution in [2.75, 3.05) is 5.32 Å². The number of halogens is 1. The number of carbonyl (C=O) groups excluding carboxylic acids is 2. The number of hydrogen-bond donors (Lipinski definition) is 1. The van der Waals surface area contributed by atoms with E-state index >= 15 is 0 Å². The molecular weight excluding hydrogens is 427 g/mol. The number of esters is 1. The number of benzene rings is 1. The number of amides is 1. The van der Waals surface area contributed by atoms with Gasteiger partial charge in [-0.15, -0.1) is 0 Å². The Labute approximate surface area is 189 Å². The Morgan fingerprint density at radius 1 is 1.21 bits per heavy atom. The van der Waals surface area contributed by atoms with Crippen molar-refractivity contribution in [1.29, 1.82) is 0 Å². The first kappa shape index (κ1) is 21.0. The van der Waals surface area contributed by atoms with Gasteiger partial charge in [-0.2, -0.15) is 4.73 Å². The Kier molecular flexibility index (Phi) is 5.24. The van der Waals surface area contributed by atoms with Crippen LogP contribution >= 0.6 is 0 Å². The normalized spacial score (nSPS) is 21.5. The first-order valence-electron chi connectivity index (χ1n) is 10.7. The van der Waals surface area contributed by atoms with E-state index in [0.29, 0.717) is 47.1 Å². The quantitative estimate of drug-likeness (QED) is 0.372. The summed E-state index contributed by atoms with van der Waals surface area (Å²) < 4.78 is 19.1. The molecule has 33 heavy (non-hydrogen) atoms. The van der Waals surface area contributed by atoms with Crippen LogP contribution in [0.3, 0.4) is 0 Å². The lowest BCUT2D eigenvalue weighted by atomic mass is 9.75. The molecule has 3 heterocycles. The first-order chi connectivity index (χ1) is 16.0. The van der Waals surface area contributed by atoms with Gasteiger partial charge in [0.1, 0.15) is 17.8 Å². The van der Waals surface area contributed by atoms with Crippen LogP contribution in [0.25, 0.3) is 11.1 Å². The molecule has 1 aromatic carbocycles. The van der Waals surface area contributed by atoms with Crippen LogP contribution in [-0.2, 0) is 21.8 Å². The lowest BCUT2D eigenvalue weighted by Crippen LogP contribution is -2.36. The zero-order valence-corrected chi connectivity index (χ0v) is 17.7. The molecule has 0 atom stereocenters. The number of hydrogen-bond acceptors (Lipinski definition) is 6. The molecule has 2 aromatic heterocycles. The van der Waals surface area contributed by atoms with Gasteiger partial charge in [0, 0.05) is 35.5 Å². The van der Waals surface area contributed by atoms with Gasteiger partial charge in [-0.1, -0.05) is 18.2 Å². The third-order valence-corrected chi connectivity index (χ3v) is 6.40. The van der Waals surface area contributed by atoms with E-state index in [1.807, 2.05) is 6.07 Å². The maximum absolute atomic E-state index is 12.9. The maximum Gasteiger partial charge on any atom is 0.345 e. The molecule has 1 aliphatic carbocycles. The van der Waals surface area contributed by atoms with Crippen molar-refractivity contribution < 1.29 is 23.4 Å². The highest BCUT2D eigenvalue weighted by Crippen LogP contribution is 2.47. The Bertz CT molecular complexity index is 1220. The minimum atomic E-state index is -0.774. The fraction of sp³-hybridized carbons (Fsp3) is 0.292. The highest BCUT2D eigenvalue weighted by molar-refractivity contribution is 5.94. The second-order valence-electron chi connectivity index (χ2n) is 8.41. The predicted molar refractivity (Wildman–Crippen MR) is 115 cm³/mol. The molecule has 168 valence electrons. The molecule has 0 bridgehead atoms. The predicted octanol–water partition coefficient (Wildman–Crippen LogP) is 3.44. The number of pyridine rings is 1. The highest BCUT2D eigenvalue weighted by Gasteiger charge is 2.49. The Balaban J connectivity index is 1.23. The van der Waals surface area contributed by atoms with E-state index in [9.17, 15) is 19.2 Å². The van der Waals surface area contributed by atoms with Gasteiger partial charge in [-0.25, -0.2) is 19.2 Å². The molecule has 1 aliphatic heterocycles. The number of ether oxygens (including phenoxy) is 1. The molecule has 0 radical (unpaired) electrons. The third kappa shape index (κ3) is 3.90. The number of anilines is 1. The molecule has 0 unspecified atom stereocenters. The molecule has 1 fully saturated rings. The zero-order valence-electron chi connectivity index (χ0n) is 17.7. The van der Waals surface area contributed by atoms with E-state index in [1.165, 1.54) is 12.4 Å². The molecule has 1 amide bonds. The molecule has 1 N–H and O–H groups in total. The van der Waals surface area contributed by atoms with E-state index in [0.717, 1.165) is 11.1 Å². The zero-order chi connectivity index (χ0) is 23.0. The van der Waals surface area contributed by atoms with Gasteiger partial charge >= 0.3 is 5.97 Å². The number of alkyl halides is 1. The fourth-order valence-corrected chi connectivity index (χ4v) is 4.63. The van der Waals surface area contributed by atoms with Crippen LogP contribution in [0.4, 0.5) is 10.3 Å². The number of nitrogens with one attached hydrogen (secondary N) is 1. The van der Waals surface area contributed by atoms with Crippen molar-refractivity contribution in [3.63, 3.8) is 0 Å². The van der Waals surface area contributed by atoms with Gasteiger partial charge < -0.3 is 9.94 Å². The van der Waals surface area contributed by atoms with Crippen molar-refractivity contribution >= 4 is 17.8 Å². The summed E-state index contributed by atoms with van der Waals surface area (Å²) in [6.45, 7) is -0.547. The summed E-state index contributed by atoms with van der Waals surface area (Å²) in [6.07, 6.45) is 7.82. The second-order valence-corrected chi connectivity index (χ2v) is 8.41. The Morgan fingerprint density at radius 3 is 2.70 bits per heavy atom. The molecular formula is C24H21FN4O4. The van der Waals surface area contributed by atoms with E-state index in [2.05, 4.69) is 15.3 Å². The smallest absolute Gasteiger partial charge is 0.345 e. The number of rotatable bonds is 4. The van der Waals surface area contributed by atoms with Gasteiger partial charge in [0.25, 0.3) is 0 Å². The summed E-state index contributed by atoms with van der Waals surface area (Å²) in [5.74, 6) is -0.755. The van der Waals surface area contributed by atoms with Gasteiger partial charge in [-0.05, 0) is 42.9 Å². The van der Waals surface area contributed by atoms with E-state index in [-0.39, 0.29) is 17.8 Å². The van der Waals surface area contributed by atoms with Crippen molar-refractivity contribution in [1.82, 2.24) is 9.97 Å². The first-order valence-corrected chi connectivity index (χ1v) is 10.7. The van der Waals surface area contributed by atoms with Crippen molar-refractivity contribution in [2.24, 2.45) is 5.92 Å². The minimum absolute atomic E-state index is 0.188. The number of aromatic nitrogens is 3. The Hall–Kier alpha value is -3.88. The summed E-state index contributed by atoms with van der Waals surface area (Å²) >= 11 is 0. The summed E-state index contributed by atoms with van der Waals surface area (Å²) in [6, 6.07) is 8.69. The van der Waals surface area contributed by atoms with E-state index in [4.69, 9.17) is 4.74 Å². The molecule has 2 aliphatic rings. The number of carbonyl (C=O) groups is 2. The van der Waals surface area contributed by atoms with Crippen LogP contribution in [-0.4, -0.2) is 21.8 Å². The van der Waals surface area contributed by atoms with Crippen molar-refractivity contribution in [2.45, 2.75) is 38.0 Å². The van der Waals surface area contributed by atoms with Gasteiger partial charge in [0.15, 0.2) is 12.4 Å². The number of fused-ring (bicyclic) bond motifs is 2. The summed E-state index contributed by atoms with van der Waals surface area (Å²) in [5.41, 5.74) is 2.33. The fourth-order valence-electron chi connectivity index (χ4n) is 4.63. The maximum atomic E-state index is 12.9. The topological polar surface area (TPSA) is 108 Å². The average molecular weight is 448 g/mol. The lowest BCUT2D eigenvalue weighted by Gasteiger charge is -2.35. The van der Waals surface area contributed by atoms with E-state index < -0.39 is 18.2 Å². The Morgan fingerprint density at radius 2 is 1.97 bits per heavy atom. The SMILES string of the molecule is O=C1O[C@]2(CC[C@H](C(=O)Nc3ncc(-c4cccc(CF)c4)cn3)CC2)c2cc[n+]([O-])cc21. The van der Waals surface area contributed by atoms with E-state index in [1.54, 1.807) is 36.7 Å². The van der Waals surface area contributed by atoms with Crippen LogP contribution in [0.2, 0.25) is 0 Å². The second kappa shape index (κ2) is 8.23. The monoisotopic (exact) mass is 448 g/mol. The molecule has 1 saturated carbocycles. The summed E-state index contributed by atoms with van der Waals surface area (Å²) in [5, 5.41) is 14.3. The lowest BCUT2D eigenvalue weighted by molar-refractivity contribution is -0.605. The number of nitrogens with zero attached hydrogens (tertiary/aromatic N) is 3. The molecule has 1 spiro atoms. The summed E-state index contributed by atoms with van der Waals surface area (Å²) in [7, 11) is 0. The average Bonchev–Trinajstić information content (AvgIpc) is 3.10. The van der Waals surface area contributed by atoms with Crippen molar-refractivity contribution in [3.05, 3.63) is 77.0 Å². The molecule has 5 rings (SSSR count). The standard InChI is InChI=1S/C24H21FN4O4/c25-11-15-2-1-3-17(10-15)18-12-26-23(27-13-18)28-21(30)16-4-7-24(8-5-16)20-6-9-29(32)14-19(20)22(31)33-24/h1-3,6,9-10,12-14,16H,4-5,7-8,11H2,(H,26,27,28,30)/t16-,24-. The van der Waals surface area contributed by atoms with Crippen LogP contribution in [0.1, 0.15) is 47.2 Å². The van der Waals surface area contributed by atoms with Crippen LogP contribution < -0.4 is 10.0 Å². The molecule has 8 nitrogen and oxygen atoms in total. The van der Waals surface area contributed by atoms with Crippen molar-refractivity contribution in [3.8, 4) is 11.1 Å². The molecule has 0 saturated heterocycles. The highest BCUT2D eigenvalue weighted by atomic mass is 19.1. The third-order valence-electron chi connectivity index (χ3n) is 6.40. The molecule has 9 heteroatoms. The summed E-state index contributed by atoms with van der Waals surface area (Å²) in [4.78, 5) is 33.5. The van der Waals surface area contributed by atoms with Gasteiger partial charge in [0.2, 0.25) is 11.9 Å². The largest absolute Gasteiger partial charge is 0.619 e. The minimum Gasteiger partial charge on any atom is -0.619 e. The van der Waals surface area contributed by atoms with Crippen LogP contribution in [0.5, 0.6) is 0 Å². The van der Waals surface area contributed by atoms with Crippen LogP contribution in [0.15, 0.2) is 55.1 Å².